The molecule has 9 nitrogen and oxygen atoms in total. The van der Waals surface area contributed by atoms with Crippen molar-refractivity contribution in [2.45, 2.75) is 30.0 Å². The number of nitrogens with zero attached hydrogens (tertiary/aromatic N) is 3. The lowest BCUT2D eigenvalue weighted by molar-refractivity contribution is -0.137. The molecule has 3 N–H and O–H groups in total. The highest BCUT2D eigenvalue weighted by molar-refractivity contribution is 7.90. The van der Waals surface area contributed by atoms with Crippen molar-refractivity contribution in [3.63, 3.8) is 0 Å². The zero-order valence-electron chi connectivity index (χ0n) is 21.5. The monoisotopic (exact) mass is 627 g/mol. The molecule has 3 aromatic rings. The lowest BCUT2D eigenvalue weighted by atomic mass is 9.91. The highest BCUT2D eigenvalue weighted by Gasteiger charge is 2.34. The summed E-state index contributed by atoms with van der Waals surface area (Å²) in [6, 6.07) is 18.1. The molecule has 0 amide bonds. The number of hydrogen-bond donors (Lipinski definition) is 2. The number of aliphatic imine (C=N–C) groups is 1. The Morgan fingerprint density at radius 2 is 1.66 bits per heavy atom. The molecule has 0 radical (unpaired) electrons. The molecule has 4 rings (SSSR count). The minimum absolute atomic E-state index is 0.110. The smallest absolute Gasteiger partial charge is 0.248 e. The van der Waals surface area contributed by atoms with E-state index >= 15 is 0 Å². The molecule has 0 fully saturated rings. The van der Waals surface area contributed by atoms with Crippen LogP contribution >= 0.6 is 11.6 Å². The number of guanidine groups is 1. The summed E-state index contributed by atoms with van der Waals surface area (Å²) in [5, 5.41) is 11.6. The molecule has 41 heavy (non-hydrogen) atoms. The molecule has 218 valence electrons. The van der Waals surface area contributed by atoms with Gasteiger partial charge in [-0.1, -0.05) is 54.1 Å². The molecule has 0 saturated heterocycles. The average molecular weight is 628 g/mol. The van der Waals surface area contributed by atoms with E-state index in [4.69, 9.17) is 16.7 Å². The minimum Gasteiger partial charge on any atom is -0.248 e. The summed E-state index contributed by atoms with van der Waals surface area (Å²) >= 11 is 6.06. The summed E-state index contributed by atoms with van der Waals surface area (Å²) in [6.45, 7) is 1.53. The van der Waals surface area contributed by atoms with E-state index in [2.05, 4.69) is 14.8 Å². The molecule has 15 heteroatoms. The maximum atomic E-state index is 13.3. The number of alkyl halides is 3. The van der Waals surface area contributed by atoms with E-state index in [1.54, 1.807) is 24.3 Å². The standard InChI is InChI=1S/C26H25ClF3N5O4S2/c1-17(16-40(31,36)37)32-25(34-41(38,39)22-13-9-20(10-14-22)26(28,29)30)35-15-23(18-5-3-2-4-6-18)24(33-35)19-7-11-21(27)12-8-19/h2-14,17,23H,15-16H2,1H3,(H,32,34)(H2,31,36,37)/t17-,23-/m0/s1. The lowest BCUT2D eigenvalue weighted by Crippen LogP contribution is -2.42. The van der Waals surface area contributed by atoms with E-state index in [1.165, 1.54) is 11.9 Å². The quantitative estimate of drug-likeness (QED) is 0.300. The first-order chi connectivity index (χ1) is 19.1. The highest BCUT2D eigenvalue weighted by atomic mass is 35.5. The van der Waals surface area contributed by atoms with Crippen LogP contribution in [0.25, 0.3) is 0 Å². The van der Waals surface area contributed by atoms with E-state index < -0.39 is 48.5 Å². The molecule has 0 spiro atoms. The molecule has 3 aromatic carbocycles. The van der Waals surface area contributed by atoms with E-state index in [0.29, 0.717) is 28.4 Å². The Balaban J connectivity index is 1.76. The highest BCUT2D eigenvalue weighted by Crippen LogP contribution is 2.31. The molecule has 1 aliphatic rings. The Labute approximate surface area is 240 Å². The van der Waals surface area contributed by atoms with Gasteiger partial charge in [0.2, 0.25) is 16.0 Å². The Bertz CT molecular complexity index is 1660. The Morgan fingerprint density at radius 3 is 2.22 bits per heavy atom. The third-order valence-electron chi connectivity index (χ3n) is 6.03. The van der Waals surface area contributed by atoms with Crippen molar-refractivity contribution >= 4 is 43.3 Å². The number of sulfonamides is 2. The third kappa shape index (κ3) is 7.85. The summed E-state index contributed by atoms with van der Waals surface area (Å²) in [4.78, 5) is 3.81. The van der Waals surface area contributed by atoms with Gasteiger partial charge in [0, 0.05) is 10.9 Å². The fraction of sp³-hybridized carbons (Fsp3) is 0.231. The summed E-state index contributed by atoms with van der Waals surface area (Å²) in [5.41, 5.74) is 1.11. The molecule has 0 unspecified atom stereocenters. The van der Waals surface area contributed by atoms with E-state index in [1.807, 2.05) is 30.3 Å². The van der Waals surface area contributed by atoms with Crippen LogP contribution in [0.3, 0.4) is 0 Å². The second-order valence-corrected chi connectivity index (χ2v) is 13.1. The first-order valence-electron chi connectivity index (χ1n) is 12.1. The number of hydrogen-bond acceptors (Lipinski definition) is 6. The molecule has 0 saturated carbocycles. The van der Waals surface area contributed by atoms with Gasteiger partial charge >= 0.3 is 6.18 Å². The Morgan fingerprint density at radius 1 is 1.05 bits per heavy atom. The number of primary sulfonamides is 1. The van der Waals surface area contributed by atoms with Gasteiger partial charge in [-0.2, -0.15) is 18.3 Å². The number of nitrogens with one attached hydrogen (secondary N) is 1. The largest absolute Gasteiger partial charge is 0.416 e. The van der Waals surface area contributed by atoms with Crippen molar-refractivity contribution in [2.75, 3.05) is 12.3 Å². The van der Waals surface area contributed by atoms with Crippen molar-refractivity contribution in [1.29, 1.82) is 0 Å². The molecular weight excluding hydrogens is 603 g/mol. The molecular formula is C26H25ClF3N5O4S2. The normalized spacial score (nSPS) is 17.3. The SMILES string of the molecule is C[C@@H](CS(N)(=O)=O)N=C(NS(=O)(=O)c1ccc(C(F)(F)F)cc1)N1C[C@@H](c2ccccc2)C(c2ccc(Cl)cc2)=N1. The van der Waals surface area contributed by atoms with Gasteiger partial charge in [-0.3, -0.25) is 0 Å². The number of halogens is 4. The number of rotatable bonds is 7. The van der Waals surface area contributed by atoms with Crippen molar-refractivity contribution in [3.8, 4) is 0 Å². The van der Waals surface area contributed by atoms with Crippen LogP contribution in [0.15, 0.2) is 93.9 Å². The molecule has 0 aromatic heterocycles. The number of nitrogens with two attached hydrogens (primary N) is 1. The fourth-order valence-electron chi connectivity index (χ4n) is 4.19. The van der Waals surface area contributed by atoms with Crippen LogP contribution in [0.5, 0.6) is 0 Å². The minimum atomic E-state index is -4.65. The Kier molecular flexibility index (Phi) is 8.78. The molecule has 2 atom stereocenters. The van der Waals surface area contributed by atoms with Gasteiger partial charge < -0.3 is 0 Å². The zero-order valence-corrected chi connectivity index (χ0v) is 23.8. The van der Waals surface area contributed by atoms with Crippen LogP contribution in [0.4, 0.5) is 13.2 Å². The number of benzene rings is 3. The van der Waals surface area contributed by atoms with Crippen LogP contribution in [0.1, 0.15) is 29.5 Å². The summed E-state index contributed by atoms with van der Waals surface area (Å²) in [5.74, 6) is -1.28. The summed E-state index contributed by atoms with van der Waals surface area (Å²) in [6.07, 6.45) is -4.65. The van der Waals surface area contributed by atoms with Crippen LogP contribution < -0.4 is 9.86 Å². The van der Waals surface area contributed by atoms with Gasteiger partial charge in [-0.05, 0) is 54.4 Å². The van der Waals surface area contributed by atoms with Gasteiger partial charge in [0.05, 0.1) is 34.5 Å². The number of hydrazone groups is 1. The first-order valence-corrected chi connectivity index (χ1v) is 15.7. The lowest BCUT2D eigenvalue weighted by Gasteiger charge is -2.21. The van der Waals surface area contributed by atoms with Crippen LogP contribution in [0, 0.1) is 0 Å². The third-order valence-corrected chi connectivity index (χ3v) is 8.58. The maximum Gasteiger partial charge on any atom is 0.416 e. The van der Waals surface area contributed by atoms with Crippen LogP contribution in [-0.2, 0) is 26.2 Å². The van der Waals surface area contributed by atoms with Gasteiger partial charge in [0.1, 0.15) is 0 Å². The van der Waals surface area contributed by atoms with Crippen molar-refractivity contribution < 1.29 is 30.0 Å². The second-order valence-electron chi connectivity index (χ2n) is 9.30. The van der Waals surface area contributed by atoms with E-state index in [0.717, 1.165) is 17.7 Å². The fourth-order valence-corrected chi connectivity index (χ4v) is 6.08. The second kappa shape index (κ2) is 11.8. The predicted molar refractivity (Wildman–Crippen MR) is 151 cm³/mol. The summed E-state index contributed by atoms with van der Waals surface area (Å²) < 4.78 is 91.2. The topological polar surface area (TPSA) is 134 Å². The van der Waals surface area contributed by atoms with Crippen molar-refractivity contribution in [3.05, 3.63) is 101 Å². The van der Waals surface area contributed by atoms with Crippen molar-refractivity contribution in [1.82, 2.24) is 9.73 Å². The predicted octanol–water partition coefficient (Wildman–Crippen LogP) is 4.17. The van der Waals surface area contributed by atoms with Crippen LogP contribution in [0.2, 0.25) is 5.02 Å². The van der Waals surface area contributed by atoms with E-state index in [9.17, 15) is 30.0 Å². The van der Waals surface area contributed by atoms with Gasteiger partial charge in [-0.15, -0.1) is 0 Å². The van der Waals surface area contributed by atoms with Gasteiger partial charge in [0.25, 0.3) is 10.0 Å². The molecule has 1 heterocycles. The molecule has 1 aliphatic heterocycles. The average Bonchev–Trinajstić information content (AvgIpc) is 3.33. The molecule has 0 bridgehead atoms. The van der Waals surface area contributed by atoms with Gasteiger partial charge in [-0.25, -0.2) is 36.7 Å². The zero-order chi connectivity index (χ0) is 30.0. The molecule has 0 aliphatic carbocycles. The van der Waals surface area contributed by atoms with E-state index in [-0.39, 0.29) is 18.4 Å². The first kappa shape index (κ1) is 30.5. The van der Waals surface area contributed by atoms with Crippen LogP contribution in [-0.4, -0.2) is 51.9 Å². The van der Waals surface area contributed by atoms with Crippen molar-refractivity contribution in [2.24, 2.45) is 15.2 Å². The van der Waals surface area contributed by atoms with Gasteiger partial charge in [0.15, 0.2) is 0 Å². The Hall–Kier alpha value is -3.46. The summed E-state index contributed by atoms with van der Waals surface area (Å²) in [7, 11) is -8.45. The maximum absolute atomic E-state index is 13.3.